The summed E-state index contributed by atoms with van der Waals surface area (Å²) >= 11 is 1.53. The number of aliphatic hydroxyl groups excluding tert-OH is 1. The lowest BCUT2D eigenvalue weighted by atomic mass is 9.94. The van der Waals surface area contributed by atoms with Crippen molar-refractivity contribution >= 4 is 23.3 Å². The van der Waals surface area contributed by atoms with Crippen LogP contribution in [0.25, 0.3) is 5.57 Å². The Morgan fingerprint density at radius 1 is 0.881 bits per heavy atom. The average Bonchev–Trinajstić information content (AvgIpc) is 2.97. The van der Waals surface area contributed by atoms with E-state index in [1.165, 1.54) is 56.0 Å². The van der Waals surface area contributed by atoms with Gasteiger partial charge < -0.3 is 15.1 Å². The standard InChI is InChI=1S/C23H25F3N2OS.C10H20O2/c24-23(25,26)17-7-8-22-20(16-17)18(19-4-1-2-6-21(19)30-22)5-3-9-27-10-12-28(13-11-27)14-15-29;1-2-3-4-5-6-7-8-9-10(11)12/h1-2,4-8,16,29H,3,9-15H2;2-9H2,1H3,(H,11,12)/b18-5-;. The van der Waals surface area contributed by atoms with Gasteiger partial charge >= 0.3 is 12.1 Å². The molecule has 1 saturated heterocycles. The summed E-state index contributed by atoms with van der Waals surface area (Å²) in [5.74, 6) is -0.663. The van der Waals surface area contributed by atoms with Gasteiger partial charge in [-0.2, -0.15) is 13.2 Å². The van der Waals surface area contributed by atoms with E-state index in [0.29, 0.717) is 18.5 Å². The zero-order valence-corrected chi connectivity index (χ0v) is 25.5. The molecular weight excluding hydrogens is 561 g/mol. The van der Waals surface area contributed by atoms with E-state index in [4.69, 9.17) is 10.2 Å². The highest BCUT2D eigenvalue weighted by Crippen LogP contribution is 2.47. The van der Waals surface area contributed by atoms with E-state index in [-0.39, 0.29) is 6.61 Å². The fourth-order valence-corrected chi connectivity index (χ4v) is 6.36. The third kappa shape index (κ3) is 11.1. The summed E-state index contributed by atoms with van der Waals surface area (Å²) in [5, 5.41) is 17.4. The highest BCUT2D eigenvalue weighted by molar-refractivity contribution is 7.99. The highest BCUT2D eigenvalue weighted by Gasteiger charge is 2.32. The van der Waals surface area contributed by atoms with Crippen molar-refractivity contribution in [1.29, 1.82) is 0 Å². The van der Waals surface area contributed by atoms with Crippen LogP contribution in [0.5, 0.6) is 0 Å². The maximum absolute atomic E-state index is 13.3. The van der Waals surface area contributed by atoms with Crippen molar-refractivity contribution in [2.75, 3.05) is 45.9 Å². The van der Waals surface area contributed by atoms with E-state index in [1.54, 1.807) is 6.07 Å². The number of piperazine rings is 1. The molecule has 2 heterocycles. The second-order valence-corrected chi connectivity index (χ2v) is 12.0. The van der Waals surface area contributed by atoms with Crippen molar-refractivity contribution in [3.63, 3.8) is 0 Å². The Bertz CT molecular complexity index is 1150. The molecule has 2 aromatic carbocycles. The van der Waals surface area contributed by atoms with Gasteiger partial charge in [0.15, 0.2) is 0 Å². The first-order chi connectivity index (χ1) is 20.2. The van der Waals surface area contributed by atoms with Crippen LogP contribution in [-0.4, -0.2) is 71.9 Å². The number of hydrogen-bond acceptors (Lipinski definition) is 5. The molecule has 0 atom stereocenters. The molecule has 42 heavy (non-hydrogen) atoms. The maximum Gasteiger partial charge on any atom is 0.416 e. The van der Waals surface area contributed by atoms with Crippen molar-refractivity contribution in [3.05, 3.63) is 65.2 Å². The van der Waals surface area contributed by atoms with Crippen LogP contribution in [0, 0.1) is 0 Å². The van der Waals surface area contributed by atoms with E-state index >= 15 is 0 Å². The van der Waals surface area contributed by atoms with Gasteiger partial charge in [0.05, 0.1) is 12.2 Å². The number of carbonyl (C=O) groups is 1. The summed E-state index contributed by atoms with van der Waals surface area (Å²) in [6.45, 7) is 7.75. The molecule has 0 saturated carbocycles. The summed E-state index contributed by atoms with van der Waals surface area (Å²) in [6.07, 6.45) is 7.17. The number of aliphatic hydroxyl groups is 1. The first-order valence-corrected chi connectivity index (χ1v) is 16.0. The summed E-state index contributed by atoms with van der Waals surface area (Å²) < 4.78 is 39.9. The highest BCUT2D eigenvalue weighted by atomic mass is 32.2. The van der Waals surface area contributed by atoms with Crippen LogP contribution in [0.2, 0.25) is 0 Å². The van der Waals surface area contributed by atoms with Gasteiger partial charge in [0.25, 0.3) is 0 Å². The van der Waals surface area contributed by atoms with Gasteiger partial charge in [-0.15, -0.1) is 0 Å². The third-order valence-electron chi connectivity index (χ3n) is 7.66. The van der Waals surface area contributed by atoms with Crippen molar-refractivity contribution in [2.24, 2.45) is 0 Å². The molecule has 232 valence electrons. The predicted molar refractivity (Wildman–Crippen MR) is 164 cm³/mol. The minimum Gasteiger partial charge on any atom is -0.481 e. The van der Waals surface area contributed by atoms with E-state index in [9.17, 15) is 18.0 Å². The Labute approximate surface area is 252 Å². The Morgan fingerprint density at radius 2 is 1.50 bits per heavy atom. The molecule has 0 amide bonds. The molecule has 0 radical (unpaired) electrons. The monoisotopic (exact) mass is 606 g/mol. The first kappa shape index (κ1) is 34.2. The summed E-state index contributed by atoms with van der Waals surface area (Å²) in [7, 11) is 0. The van der Waals surface area contributed by atoms with Gasteiger partial charge in [0, 0.05) is 55.5 Å². The van der Waals surface area contributed by atoms with Crippen LogP contribution >= 0.6 is 11.8 Å². The van der Waals surface area contributed by atoms with Crippen molar-refractivity contribution < 1.29 is 28.2 Å². The second-order valence-electron chi connectivity index (χ2n) is 10.9. The van der Waals surface area contributed by atoms with E-state index < -0.39 is 17.7 Å². The summed E-state index contributed by atoms with van der Waals surface area (Å²) in [4.78, 5) is 16.7. The molecule has 5 nitrogen and oxygen atoms in total. The van der Waals surface area contributed by atoms with Gasteiger partial charge in [-0.1, -0.05) is 81.5 Å². The molecule has 2 aromatic rings. The zero-order chi connectivity index (χ0) is 30.4. The molecule has 0 unspecified atom stereocenters. The van der Waals surface area contributed by atoms with Crippen LogP contribution in [0.1, 0.15) is 81.4 Å². The number of unbranched alkanes of at least 4 members (excludes halogenated alkanes) is 6. The molecule has 4 rings (SSSR count). The minimum atomic E-state index is -4.35. The number of β-amino-alcohol motifs (C(OH)–C–C–N with tert-alkyl or cyclic N) is 1. The van der Waals surface area contributed by atoms with Crippen molar-refractivity contribution in [1.82, 2.24) is 9.80 Å². The normalized spacial score (nSPS) is 16.5. The first-order valence-electron chi connectivity index (χ1n) is 15.2. The summed E-state index contributed by atoms with van der Waals surface area (Å²) in [5.41, 5.74) is 1.96. The predicted octanol–water partition coefficient (Wildman–Crippen LogP) is 7.81. The van der Waals surface area contributed by atoms with Crippen LogP contribution in [0.4, 0.5) is 13.2 Å². The van der Waals surface area contributed by atoms with Gasteiger partial charge in [-0.3, -0.25) is 9.69 Å². The molecule has 1 fully saturated rings. The Kier molecular flexibility index (Phi) is 14.4. The number of aliphatic carboxylic acids is 1. The molecule has 0 bridgehead atoms. The summed E-state index contributed by atoms with van der Waals surface area (Å²) in [6, 6.07) is 12.0. The lowest BCUT2D eigenvalue weighted by molar-refractivity contribution is -0.138. The topological polar surface area (TPSA) is 64.0 Å². The number of carboxylic acid groups (broad SMARTS) is 1. The van der Waals surface area contributed by atoms with Crippen LogP contribution < -0.4 is 0 Å². The molecule has 0 aromatic heterocycles. The molecule has 2 N–H and O–H groups in total. The lowest BCUT2D eigenvalue weighted by Crippen LogP contribution is -2.47. The van der Waals surface area contributed by atoms with Gasteiger partial charge in [-0.25, -0.2) is 0 Å². The number of fused-ring (bicyclic) bond motifs is 2. The average molecular weight is 607 g/mol. The Hall–Kier alpha value is -2.33. The Morgan fingerprint density at radius 3 is 2.14 bits per heavy atom. The van der Waals surface area contributed by atoms with Gasteiger partial charge in [0.2, 0.25) is 0 Å². The number of alkyl halides is 3. The van der Waals surface area contributed by atoms with Gasteiger partial charge in [-0.05, 0) is 53.8 Å². The number of nitrogens with zero attached hydrogens (tertiary/aromatic N) is 2. The van der Waals surface area contributed by atoms with E-state index in [1.807, 2.05) is 24.3 Å². The fourth-order valence-electron chi connectivity index (χ4n) is 5.27. The number of benzene rings is 2. The minimum absolute atomic E-state index is 0.183. The molecule has 0 aliphatic carbocycles. The number of carboxylic acids is 1. The lowest BCUT2D eigenvalue weighted by Gasteiger charge is -2.34. The molecule has 0 spiro atoms. The quantitative estimate of drug-likeness (QED) is 0.194. The van der Waals surface area contributed by atoms with Crippen LogP contribution in [-0.2, 0) is 11.0 Å². The second kappa shape index (κ2) is 17.7. The van der Waals surface area contributed by atoms with E-state index in [0.717, 1.165) is 72.9 Å². The SMILES string of the molecule is CCCCCCCCCC(=O)O.OCCN1CCN(CC/C=C2/c3ccccc3Sc3ccc(C(F)(F)F)cc32)CC1. The molecule has 2 aliphatic rings. The Balaban J connectivity index is 0.000000343. The molecule has 9 heteroatoms. The van der Waals surface area contributed by atoms with E-state index in [2.05, 4.69) is 22.8 Å². The zero-order valence-electron chi connectivity index (χ0n) is 24.7. The fraction of sp³-hybridized carbons (Fsp3) is 0.545. The number of hydrogen-bond donors (Lipinski definition) is 2. The van der Waals surface area contributed by atoms with Gasteiger partial charge in [0.1, 0.15) is 0 Å². The number of halogens is 3. The van der Waals surface area contributed by atoms with Crippen molar-refractivity contribution in [2.45, 2.75) is 80.7 Å². The van der Waals surface area contributed by atoms with Crippen LogP contribution in [0.15, 0.2) is 58.3 Å². The van der Waals surface area contributed by atoms with Crippen LogP contribution in [0.3, 0.4) is 0 Å². The molecular formula is C33H45F3N2O3S. The largest absolute Gasteiger partial charge is 0.481 e. The smallest absolute Gasteiger partial charge is 0.416 e. The van der Waals surface area contributed by atoms with Crippen molar-refractivity contribution in [3.8, 4) is 0 Å². The molecule has 2 aliphatic heterocycles. The maximum atomic E-state index is 13.3. The number of rotatable bonds is 13. The third-order valence-corrected chi connectivity index (χ3v) is 8.82.